The molecule has 5 nitrogen and oxygen atoms in total. The van der Waals surface area contributed by atoms with Gasteiger partial charge >= 0.3 is 0 Å². The lowest BCUT2D eigenvalue weighted by atomic mass is 10.2. The van der Waals surface area contributed by atoms with Gasteiger partial charge in [-0.15, -0.1) is 0 Å². The third kappa shape index (κ3) is 3.21. The number of hydrogen-bond acceptors (Lipinski definition) is 4. The molecule has 0 saturated carbocycles. The van der Waals surface area contributed by atoms with Crippen LogP contribution in [0.2, 0.25) is 0 Å². The van der Waals surface area contributed by atoms with Crippen LogP contribution in [0, 0.1) is 17.0 Å². The van der Waals surface area contributed by atoms with E-state index in [1.165, 1.54) is 24.4 Å². The predicted octanol–water partition coefficient (Wildman–Crippen LogP) is 3.49. The second-order valence-electron chi connectivity index (χ2n) is 4.17. The minimum atomic E-state index is -0.542. The van der Waals surface area contributed by atoms with Crippen LogP contribution in [0.15, 0.2) is 45.9 Å². The number of halogens is 1. The lowest BCUT2D eigenvalue weighted by Gasteiger charge is -2.08. The summed E-state index contributed by atoms with van der Waals surface area (Å²) in [6, 6.07) is 9.08. The van der Waals surface area contributed by atoms with E-state index in [1.807, 2.05) is 19.1 Å². The molecule has 0 unspecified atom stereocenters. The zero-order chi connectivity index (χ0) is 14.7. The first-order valence-corrected chi connectivity index (χ1v) is 6.52. The Balaban J connectivity index is 2.33. The van der Waals surface area contributed by atoms with Crippen molar-refractivity contribution in [1.29, 1.82) is 0 Å². The van der Waals surface area contributed by atoms with Gasteiger partial charge in [0, 0.05) is 22.8 Å². The quantitative estimate of drug-likeness (QED) is 0.490. The molecule has 0 saturated heterocycles. The van der Waals surface area contributed by atoms with Crippen molar-refractivity contribution in [2.75, 3.05) is 0 Å². The van der Waals surface area contributed by atoms with Crippen molar-refractivity contribution in [1.82, 2.24) is 0 Å². The molecule has 2 aromatic rings. The van der Waals surface area contributed by atoms with Crippen molar-refractivity contribution in [3.05, 3.63) is 62.1 Å². The Morgan fingerprint density at radius 2 is 2.00 bits per heavy atom. The molecule has 0 bridgehead atoms. The molecule has 2 rings (SSSR count). The Morgan fingerprint density at radius 1 is 1.25 bits per heavy atom. The summed E-state index contributed by atoms with van der Waals surface area (Å²) in [5.74, 6) is -0.300. The van der Waals surface area contributed by atoms with Crippen molar-refractivity contribution < 1.29 is 10.0 Å². The molecule has 102 valence electrons. The van der Waals surface area contributed by atoms with E-state index in [2.05, 4.69) is 20.9 Å². The number of aryl methyl sites for hydroxylation is 1. The van der Waals surface area contributed by atoms with Gasteiger partial charge in [0.1, 0.15) is 0 Å². The molecule has 0 aliphatic heterocycles. The molecule has 0 spiro atoms. The van der Waals surface area contributed by atoms with Crippen LogP contribution in [0.5, 0.6) is 5.75 Å². The van der Waals surface area contributed by atoms with Gasteiger partial charge in [0.05, 0.1) is 10.6 Å². The molecule has 0 fully saturated rings. The smallest absolute Gasteiger partial charge is 0.270 e. The number of rotatable bonds is 3. The number of non-ortho nitro benzene ring substituents is 1. The van der Waals surface area contributed by atoms with E-state index in [1.54, 1.807) is 6.07 Å². The van der Waals surface area contributed by atoms with Crippen LogP contribution in [-0.2, 0) is 0 Å². The van der Waals surface area contributed by atoms with Gasteiger partial charge in [-0.3, -0.25) is 15.1 Å². The third-order valence-electron chi connectivity index (χ3n) is 2.71. The highest BCUT2D eigenvalue weighted by Crippen LogP contribution is 2.24. The predicted molar refractivity (Wildman–Crippen MR) is 78.7 cm³/mol. The molecule has 0 radical (unpaired) electrons. The first-order chi connectivity index (χ1) is 9.47. The largest absolute Gasteiger partial charge is 0.872 e. The SMILES string of the molecule is Cc1ccc(N=Cc2cc([N+](=O)[O-])ccc2[O-])cc1Br. The molecule has 0 atom stereocenters. The van der Waals surface area contributed by atoms with Crippen LogP contribution >= 0.6 is 15.9 Å². The van der Waals surface area contributed by atoms with E-state index in [4.69, 9.17) is 0 Å². The molecular formula is C14H10BrN2O3-. The summed E-state index contributed by atoms with van der Waals surface area (Å²) in [6.45, 7) is 1.95. The first kappa shape index (κ1) is 14.2. The number of benzene rings is 2. The van der Waals surface area contributed by atoms with Gasteiger partial charge in [0.2, 0.25) is 0 Å². The van der Waals surface area contributed by atoms with Gasteiger partial charge in [-0.05, 0) is 30.2 Å². The van der Waals surface area contributed by atoms with Crippen molar-refractivity contribution in [3.63, 3.8) is 0 Å². The van der Waals surface area contributed by atoms with Gasteiger partial charge < -0.3 is 5.11 Å². The number of nitro groups is 1. The molecule has 2 aromatic carbocycles. The van der Waals surface area contributed by atoms with E-state index in [-0.39, 0.29) is 17.0 Å². The van der Waals surface area contributed by atoms with Crippen molar-refractivity contribution in [2.45, 2.75) is 6.92 Å². The monoisotopic (exact) mass is 333 g/mol. The molecule has 0 aliphatic carbocycles. The maximum Gasteiger partial charge on any atom is 0.270 e. The Hall–Kier alpha value is -2.21. The standard InChI is InChI=1S/C14H11BrN2O3/c1-9-2-3-11(7-13(9)15)16-8-10-6-12(17(19)20)4-5-14(10)18/h2-8,18H,1H3/p-1. The van der Waals surface area contributed by atoms with E-state index in [0.29, 0.717) is 5.69 Å². The summed E-state index contributed by atoms with van der Waals surface area (Å²) in [5.41, 5.74) is 1.80. The van der Waals surface area contributed by atoms with Crippen LogP contribution in [0.1, 0.15) is 11.1 Å². The van der Waals surface area contributed by atoms with Crippen molar-refractivity contribution in [2.24, 2.45) is 4.99 Å². The Labute approximate surface area is 123 Å². The molecule has 0 amide bonds. The van der Waals surface area contributed by atoms with Gasteiger partial charge in [0.15, 0.2) is 0 Å². The average Bonchev–Trinajstić information content (AvgIpc) is 2.41. The molecular weight excluding hydrogens is 324 g/mol. The fourth-order valence-electron chi connectivity index (χ4n) is 1.56. The minimum absolute atomic E-state index is 0.129. The zero-order valence-electron chi connectivity index (χ0n) is 10.5. The van der Waals surface area contributed by atoms with Gasteiger partial charge in [-0.25, -0.2) is 0 Å². The van der Waals surface area contributed by atoms with Crippen molar-refractivity contribution in [3.8, 4) is 5.75 Å². The van der Waals surface area contributed by atoms with E-state index >= 15 is 0 Å². The second kappa shape index (κ2) is 5.83. The Morgan fingerprint density at radius 3 is 2.65 bits per heavy atom. The topological polar surface area (TPSA) is 78.6 Å². The lowest BCUT2D eigenvalue weighted by molar-refractivity contribution is -0.385. The number of nitrogens with zero attached hydrogens (tertiary/aromatic N) is 2. The first-order valence-electron chi connectivity index (χ1n) is 5.73. The summed E-state index contributed by atoms with van der Waals surface area (Å²) in [5, 5.41) is 22.3. The van der Waals surface area contributed by atoms with Crippen LogP contribution in [0.25, 0.3) is 0 Å². The fourth-order valence-corrected chi connectivity index (χ4v) is 1.92. The number of hydrogen-bond donors (Lipinski definition) is 0. The molecule has 0 N–H and O–H groups in total. The number of nitro benzene ring substituents is 1. The molecule has 0 aromatic heterocycles. The Bertz CT molecular complexity index is 699. The highest BCUT2D eigenvalue weighted by molar-refractivity contribution is 9.10. The maximum absolute atomic E-state index is 11.6. The van der Waals surface area contributed by atoms with Crippen molar-refractivity contribution >= 4 is 33.5 Å². The van der Waals surface area contributed by atoms with Gasteiger partial charge in [-0.2, -0.15) is 0 Å². The lowest BCUT2D eigenvalue weighted by Crippen LogP contribution is -1.98. The molecule has 6 heteroatoms. The third-order valence-corrected chi connectivity index (χ3v) is 3.57. The molecule has 0 aliphatic rings. The van der Waals surface area contributed by atoms with E-state index in [9.17, 15) is 15.2 Å². The summed E-state index contributed by atoms with van der Waals surface area (Å²) in [6.07, 6.45) is 1.34. The molecule has 0 heterocycles. The summed E-state index contributed by atoms with van der Waals surface area (Å²) in [7, 11) is 0. The molecule has 20 heavy (non-hydrogen) atoms. The normalized spacial score (nSPS) is 10.9. The minimum Gasteiger partial charge on any atom is -0.872 e. The van der Waals surface area contributed by atoms with Crippen LogP contribution < -0.4 is 5.11 Å². The maximum atomic E-state index is 11.6. The Kier molecular flexibility index (Phi) is 4.14. The van der Waals surface area contributed by atoms with Gasteiger partial charge in [-0.1, -0.05) is 33.8 Å². The zero-order valence-corrected chi connectivity index (χ0v) is 12.1. The highest BCUT2D eigenvalue weighted by Gasteiger charge is 2.05. The summed E-state index contributed by atoms with van der Waals surface area (Å²) < 4.78 is 0.911. The highest BCUT2D eigenvalue weighted by atomic mass is 79.9. The van der Waals surface area contributed by atoms with E-state index < -0.39 is 4.92 Å². The summed E-state index contributed by atoms with van der Waals surface area (Å²) in [4.78, 5) is 14.3. The van der Waals surface area contributed by atoms with Crippen LogP contribution in [-0.4, -0.2) is 11.1 Å². The average molecular weight is 334 g/mol. The van der Waals surface area contributed by atoms with Crippen LogP contribution in [0.4, 0.5) is 11.4 Å². The fraction of sp³-hybridized carbons (Fsp3) is 0.0714. The summed E-state index contributed by atoms with van der Waals surface area (Å²) >= 11 is 3.39. The number of aliphatic imine (C=N–C) groups is 1. The van der Waals surface area contributed by atoms with E-state index in [0.717, 1.165) is 10.0 Å². The second-order valence-corrected chi connectivity index (χ2v) is 5.03. The van der Waals surface area contributed by atoms with Crippen LogP contribution in [0.3, 0.4) is 0 Å². The van der Waals surface area contributed by atoms with Gasteiger partial charge in [0.25, 0.3) is 5.69 Å².